The Kier molecular flexibility index (Phi) is 4.19. The molecule has 0 aliphatic carbocycles. The fraction of sp³-hybridized carbons (Fsp3) is 0.545. The summed E-state index contributed by atoms with van der Waals surface area (Å²) in [6.45, 7) is 2.30. The number of hydrogen-bond donors (Lipinski definition) is 1. The summed E-state index contributed by atoms with van der Waals surface area (Å²) < 4.78 is 1.05. The minimum atomic E-state index is 0.708. The van der Waals surface area contributed by atoms with E-state index in [0.29, 0.717) is 6.04 Å². The minimum Gasteiger partial charge on any atom is -0.371 e. The third kappa shape index (κ3) is 3.04. The van der Waals surface area contributed by atoms with Crippen LogP contribution < -0.4 is 10.2 Å². The molecule has 0 unspecified atom stereocenters. The molecule has 0 saturated carbocycles. The molecule has 0 bridgehead atoms. The van der Waals surface area contributed by atoms with Gasteiger partial charge >= 0.3 is 0 Å². The van der Waals surface area contributed by atoms with Crippen LogP contribution in [-0.2, 0) is 0 Å². The van der Waals surface area contributed by atoms with E-state index in [2.05, 4.69) is 49.9 Å². The molecule has 1 aliphatic heterocycles. The lowest BCUT2D eigenvalue weighted by Crippen LogP contribution is -2.42. The van der Waals surface area contributed by atoms with Crippen LogP contribution in [-0.4, -0.2) is 28.7 Å². The molecule has 2 heterocycles. The second-order valence-corrected chi connectivity index (χ2v) is 4.57. The topological polar surface area (TPSA) is 28.2 Å². The van der Waals surface area contributed by atoms with E-state index in [4.69, 9.17) is 0 Å². The maximum absolute atomic E-state index is 4.04. The first-order chi connectivity index (χ1) is 7.40. The zero-order valence-electron chi connectivity index (χ0n) is 8.69. The van der Waals surface area contributed by atoms with Crippen molar-refractivity contribution in [2.75, 3.05) is 22.5 Å². The number of nitrogens with one attached hydrogen (secondary N) is 1. The highest BCUT2D eigenvalue weighted by atomic mass is 127. The van der Waals surface area contributed by atoms with E-state index < -0.39 is 0 Å². The van der Waals surface area contributed by atoms with Gasteiger partial charge in [0.05, 0.1) is 0 Å². The molecule has 15 heavy (non-hydrogen) atoms. The summed E-state index contributed by atoms with van der Waals surface area (Å²) >= 11 is 2.37. The fourth-order valence-corrected chi connectivity index (χ4v) is 2.63. The number of anilines is 1. The van der Waals surface area contributed by atoms with Crippen LogP contribution in [0, 0.1) is 0 Å². The van der Waals surface area contributed by atoms with E-state index in [9.17, 15) is 0 Å². The Labute approximate surface area is 104 Å². The standard InChI is InChI=1S/C11H16IN3/c12-9-14-10-3-7-15(8-4-10)11-1-5-13-6-2-11/h1-2,5-6,10,14H,3-4,7-9H2. The van der Waals surface area contributed by atoms with Crippen molar-refractivity contribution in [2.24, 2.45) is 0 Å². The molecule has 2 rings (SSSR count). The van der Waals surface area contributed by atoms with Crippen LogP contribution in [0.4, 0.5) is 5.69 Å². The van der Waals surface area contributed by atoms with Crippen molar-refractivity contribution in [2.45, 2.75) is 18.9 Å². The summed E-state index contributed by atoms with van der Waals surface area (Å²) in [7, 11) is 0. The highest BCUT2D eigenvalue weighted by molar-refractivity contribution is 14.1. The smallest absolute Gasteiger partial charge is 0.0482 e. The lowest BCUT2D eigenvalue weighted by Gasteiger charge is -2.33. The predicted molar refractivity (Wildman–Crippen MR) is 71.5 cm³/mol. The molecule has 1 N–H and O–H groups in total. The largest absolute Gasteiger partial charge is 0.371 e. The fourth-order valence-electron chi connectivity index (χ4n) is 2.01. The monoisotopic (exact) mass is 317 g/mol. The molecule has 3 nitrogen and oxygen atoms in total. The molecule has 82 valence electrons. The number of rotatable bonds is 3. The second kappa shape index (κ2) is 5.65. The van der Waals surface area contributed by atoms with Gasteiger partial charge in [0.1, 0.15) is 0 Å². The zero-order chi connectivity index (χ0) is 10.5. The van der Waals surface area contributed by atoms with Gasteiger partial charge in [-0.15, -0.1) is 0 Å². The van der Waals surface area contributed by atoms with Crippen molar-refractivity contribution in [1.82, 2.24) is 10.3 Å². The first-order valence-corrected chi connectivity index (χ1v) is 6.87. The molecular formula is C11H16IN3. The molecule has 0 radical (unpaired) electrons. The van der Waals surface area contributed by atoms with Crippen molar-refractivity contribution in [3.8, 4) is 0 Å². The van der Waals surface area contributed by atoms with Crippen molar-refractivity contribution in [3.05, 3.63) is 24.5 Å². The average Bonchev–Trinajstić information content (AvgIpc) is 2.32. The van der Waals surface area contributed by atoms with Gasteiger partial charge in [0, 0.05) is 41.8 Å². The molecule has 1 aromatic heterocycles. The molecule has 1 aliphatic rings. The van der Waals surface area contributed by atoms with Crippen LogP contribution in [0.15, 0.2) is 24.5 Å². The summed E-state index contributed by atoms with van der Waals surface area (Å²) in [6.07, 6.45) is 6.21. The predicted octanol–water partition coefficient (Wildman–Crippen LogP) is 2.03. The molecular weight excluding hydrogens is 301 g/mol. The summed E-state index contributed by atoms with van der Waals surface area (Å²) in [6, 6.07) is 4.89. The third-order valence-corrected chi connectivity index (χ3v) is 3.33. The van der Waals surface area contributed by atoms with Gasteiger partial charge in [0.25, 0.3) is 0 Å². The van der Waals surface area contributed by atoms with E-state index in [1.54, 1.807) is 0 Å². The van der Waals surface area contributed by atoms with Gasteiger partial charge in [-0.25, -0.2) is 0 Å². The number of piperidine rings is 1. The number of alkyl halides is 1. The van der Waals surface area contributed by atoms with E-state index >= 15 is 0 Å². The molecule has 0 amide bonds. The van der Waals surface area contributed by atoms with Crippen molar-refractivity contribution in [1.29, 1.82) is 0 Å². The zero-order valence-corrected chi connectivity index (χ0v) is 10.9. The van der Waals surface area contributed by atoms with E-state index in [0.717, 1.165) is 17.6 Å². The Balaban J connectivity index is 1.88. The van der Waals surface area contributed by atoms with Crippen LogP contribution in [0.25, 0.3) is 0 Å². The Morgan fingerprint density at radius 2 is 2.00 bits per heavy atom. The van der Waals surface area contributed by atoms with Crippen molar-refractivity contribution >= 4 is 28.3 Å². The Bertz CT molecular complexity index is 283. The van der Waals surface area contributed by atoms with Gasteiger partial charge in [0.2, 0.25) is 0 Å². The highest BCUT2D eigenvalue weighted by Gasteiger charge is 2.18. The Morgan fingerprint density at radius 3 is 2.60 bits per heavy atom. The van der Waals surface area contributed by atoms with Crippen LogP contribution in [0.3, 0.4) is 0 Å². The number of pyridine rings is 1. The quantitative estimate of drug-likeness (QED) is 0.525. The SMILES string of the molecule is ICNC1CCN(c2ccncc2)CC1. The van der Waals surface area contributed by atoms with Crippen LogP contribution in [0.1, 0.15) is 12.8 Å². The maximum atomic E-state index is 4.04. The Hall–Kier alpha value is -0.360. The highest BCUT2D eigenvalue weighted by Crippen LogP contribution is 2.18. The molecule has 0 aromatic carbocycles. The second-order valence-electron chi connectivity index (χ2n) is 3.80. The summed E-state index contributed by atoms with van der Waals surface area (Å²) in [5.41, 5.74) is 1.30. The molecule has 1 aromatic rings. The summed E-state index contributed by atoms with van der Waals surface area (Å²) in [5.74, 6) is 0. The minimum absolute atomic E-state index is 0.708. The normalized spacial score (nSPS) is 18.1. The van der Waals surface area contributed by atoms with Gasteiger partial charge in [0.15, 0.2) is 0 Å². The van der Waals surface area contributed by atoms with E-state index in [1.807, 2.05) is 12.4 Å². The average molecular weight is 317 g/mol. The molecule has 0 atom stereocenters. The van der Waals surface area contributed by atoms with Gasteiger partial charge in [-0.1, -0.05) is 22.6 Å². The van der Waals surface area contributed by atoms with E-state index in [-0.39, 0.29) is 0 Å². The third-order valence-electron chi connectivity index (χ3n) is 2.89. The number of halogens is 1. The first kappa shape index (κ1) is 11.1. The summed E-state index contributed by atoms with van der Waals surface area (Å²) in [4.78, 5) is 6.48. The molecule has 1 fully saturated rings. The summed E-state index contributed by atoms with van der Waals surface area (Å²) in [5, 5.41) is 3.50. The molecule has 1 saturated heterocycles. The molecule has 4 heteroatoms. The lowest BCUT2D eigenvalue weighted by atomic mass is 10.1. The van der Waals surface area contributed by atoms with Gasteiger partial charge < -0.3 is 10.2 Å². The van der Waals surface area contributed by atoms with Gasteiger partial charge in [-0.2, -0.15) is 0 Å². The number of hydrogen-bond acceptors (Lipinski definition) is 3. The number of nitrogens with zero attached hydrogens (tertiary/aromatic N) is 2. The van der Waals surface area contributed by atoms with Crippen LogP contribution >= 0.6 is 22.6 Å². The van der Waals surface area contributed by atoms with Crippen molar-refractivity contribution < 1.29 is 0 Å². The van der Waals surface area contributed by atoms with Crippen LogP contribution in [0.5, 0.6) is 0 Å². The van der Waals surface area contributed by atoms with Gasteiger partial charge in [-0.3, -0.25) is 4.98 Å². The van der Waals surface area contributed by atoms with Gasteiger partial charge in [-0.05, 0) is 25.0 Å². The lowest BCUT2D eigenvalue weighted by molar-refractivity contribution is 0.440. The molecule has 0 spiro atoms. The number of aromatic nitrogens is 1. The van der Waals surface area contributed by atoms with Crippen LogP contribution in [0.2, 0.25) is 0 Å². The maximum Gasteiger partial charge on any atom is 0.0482 e. The van der Waals surface area contributed by atoms with E-state index in [1.165, 1.54) is 18.5 Å². The Morgan fingerprint density at radius 1 is 1.33 bits per heavy atom. The van der Waals surface area contributed by atoms with Crippen molar-refractivity contribution in [3.63, 3.8) is 0 Å². The first-order valence-electron chi connectivity index (χ1n) is 5.34.